The van der Waals surface area contributed by atoms with Crippen LogP contribution in [-0.2, 0) is 9.84 Å². The summed E-state index contributed by atoms with van der Waals surface area (Å²) in [6, 6.07) is 10.7. The molecule has 0 spiro atoms. The van der Waals surface area contributed by atoms with Gasteiger partial charge in [0.25, 0.3) is 5.91 Å². The number of phenolic OH excluding ortho intramolecular Hbond substituents is 1. The maximum Gasteiger partial charge on any atom is 0.419 e. The molecule has 3 N–H and O–H groups in total. The van der Waals surface area contributed by atoms with E-state index in [0.717, 1.165) is 23.5 Å². The van der Waals surface area contributed by atoms with Crippen molar-refractivity contribution in [3.63, 3.8) is 0 Å². The van der Waals surface area contributed by atoms with Gasteiger partial charge in [-0.1, -0.05) is 30.3 Å². The Hall–Kier alpha value is -2.89. The van der Waals surface area contributed by atoms with E-state index in [2.05, 4.69) is 5.32 Å². The van der Waals surface area contributed by atoms with Crippen molar-refractivity contribution < 1.29 is 36.6 Å². The molecule has 0 aliphatic carbocycles. The van der Waals surface area contributed by atoms with Gasteiger partial charge >= 0.3 is 6.18 Å². The number of hydrogen-bond donors (Lipinski definition) is 3. The number of halogens is 3. The van der Waals surface area contributed by atoms with E-state index in [9.17, 15) is 36.6 Å². The maximum atomic E-state index is 13.9. The van der Waals surface area contributed by atoms with Gasteiger partial charge in [0.15, 0.2) is 5.60 Å². The quantitative estimate of drug-likeness (QED) is 0.467. The van der Waals surface area contributed by atoms with Crippen molar-refractivity contribution in [1.82, 2.24) is 5.32 Å². The summed E-state index contributed by atoms with van der Waals surface area (Å²) in [4.78, 5) is 13.0. The van der Waals surface area contributed by atoms with Gasteiger partial charge in [-0.25, -0.2) is 8.42 Å². The van der Waals surface area contributed by atoms with E-state index in [1.807, 2.05) is 0 Å². The molecule has 0 bridgehead atoms. The first-order valence-corrected chi connectivity index (χ1v) is 11.8. The highest BCUT2D eigenvalue weighted by Gasteiger charge is 2.57. The first-order valence-electron chi connectivity index (χ1n) is 9.55. The molecule has 33 heavy (non-hydrogen) atoms. The number of aryl methyl sites for hydroxylation is 1. The number of rotatable bonds is 6. The SMILES string of the molecule is Cc1ccc(S(=O)(=O)c2ccccc2C(NC(=O)c2ccccc2O)C(C)(O)C(F)(F)F)s1. The monoisotopic (exact) mass is 499 g/mol. The van der Waals surface area contributed by atoms with Crippen LogP contribution in [0.5, 0.6) is 5.75 Å². The van der Waals surface area contributed by atoms with Crippen molar-refractivity contribution in [3.05, 3.63) is 76.7 Å². The number of nitrogens with one attached hydrogen (secondary N) is 1. The molecule has 2 unspecified atom stereocenters. The third-order valence-corrected chi connectivity index (χ3v) is 8.38. The third kappa shape index (κ3) is 4.75. The molecule has 1 aromatic heterocycles. The Morgan fingerprint density at radius 3 is 2.21 bits per heavy atom. The molecule has 11 heteroatoms. The molecule has 0 fully saturated rings. The summed E-state index contributed by atoms with van der Waals surface area (Å²) in [6.07, 6.45) is -5.24. The number of aliphatic hydroxyl groups is 1. The van der Waals surface area contributed by atoms with Crippen LogP contribution in [0.15, 0.2) is 69.8 Å². The van der Waals surface area contributed by atoms with Crippen LogP contribution in [0.3, 0.4) is 0 Å². The lowest BCUT2D eigenvalue weighted by Crippen LogP contribution is -2.53. The number of para-hydroxylation sites is 1. The maximum absolute atomic E-state index is 13.9. The fraction of sp³-hybridized carbons (Fsp3) is 0.227. The zero-order valence-electron chi connectivity index (χ0n) is 17.4. The molecular formula is C22H20F3NO5S2. The van der Waals surface area contributed by atoms with Crippen LogP contribution in [0.2, 0.25) is 0 Å². The number of sulfone groups is 1. The van der Waals surface area contributed by atoms with Gasteiger partial charge in [-0.2, -0.15) is 13.2 Å². The predicted molar refractivity (Wildman–Crippen MR) is 116 cm³/mol. The molecule has 0 saturated heterocycles. The molecule has 3 aromatic rings. The second-order valence-corrected chi connectivity index (χ2v) is 10.9. The zero-order valence-corrected chi connectivity index (χ0v) is 19.1. The summed E-state index contributed by atoms with van der Waals surface area (Å²) in [5.41, 5.74) is -4.34. The number of amides is 1. The molecule has 2 aromatic carbocycles. The molecule has 176 valence electrons. The Labute approximate surface area is 192 Å². The van der Waals surface area contributed by atoms with E-state index in [1.54, 1.807) is 13.0 Å². The molecule has 6 nitrogen and oxygen atoms in total. The normalized spacial score (nSPS) is 15.0. The van der Waals surface area contributed by atoms with Gasteiger partial charge < -0.3 is 15.5 Å². The van der Waals surface area contributed by atoms with E-state index in [4.69, 9.17) is 0 Å². The van der Waals surface area contributed by atoms with E-state index >= 15 is 0 Å². The number of aromatic hydroxyl groups is 1. The minimum Gasteiger partial charge on any atom is -0.507 e. The van der Waals surface area contributed by atoms with E-state index < -0.39 is 49.8 Å². The fourth-order valence-electron chi connectivity index (χ4n) is 3.19. The summed E-state index contributed by atoms with van der Waals surface area (Å²) in [7, 11) is -4.27. The van der Waals surface area contributed by atoms with Gasteiger partial charge in [0.05, 0.1) is 16.5 Å². The first kappa shape index (κ1) is 24.7. The average Bonchev–Trinajstić information content (AvgIpc) is 3.18. The van der Waals surface area contributed by atoms with E-state index in [1.165, 1.54) is 42.5 Å². The number of thiophene rings is 1. The second kappa shape index (κ2) is 8.81. The molecule has 0 aliphatic heterocycles. The standard InChI is InChI=1S/C22H20F3NO5S2/c1-13-11-12-18(32-13)33(30,31)17-10-6-4-8-15(17)19(21(2,29)22(23,24)25)26-20(28)14-7-3-5-9-16(14)27/h3-12,19,27,29H,1-2H3,(H,26,28). The number of carbonyl (C=O) groups excluding carboxylic acids is 1. The minimum atomic E-state index is -5.24. The van der Waals surface area contributed by atoms with Crippen molar-refractivity contribution in [2.75, 3.05) is 0 Å². The number of hydrogen-bond acceptors (Lipinski definition) is 6. The Bertz CT molecular complexity index is 1280. The average molecular weight is 500 g/mol. The number of carbonyl (C=O) groups is 1. The molecule has 0 radical (unpaired) electrons. The summed E-state index contributed by atoms with van der Waals surface area (Å²) < 4.78 is 68.0. The largest absolute Gasteiger partial charge is 0.507 e. The van der Waals surface area contributed by atoms with Crippen molar-refractivity contribution in [2.24, 2.45) is 0 Å². The number of benzene rings is 2. The number of alkyl halides is 3. The van der Waals surface area contributed by atoms with Crippen molar-refractivity contribution in [2.45, 2.75) is 40.8 Å². The molecule has 2 atom stereocenters. The summed E-state index contributed by atoms with van der Waals surface area (Å²) >= 11 is 0.943. The van der Waals surface area contributed by atoms with Gasteiger partial charge in [-0.05, 0) is 49.7 Å². The van der Waals surface area contributed by atoms with Crippen LogP contribution in [0.25, 0.3) is 0 Å². The molecular weight excluding hydrogens is 479 g/mol. The second-order valence-electron chi connectivity index (χ2n) is 7.48. The molecule has 1 amide bonds. The predicted octanol–water partition coefficient (Wildman–Crippen LogP) is 4.38. The van der Waals surface area contributed by atoms with Crippen molar-refractivity contribution in [1.29, 1.82) is 0 Å². The Morgan fingerprint density at radius 2 is 1.64 bits per heavy atom. The molecule has 1 heterocycles. The zero-order chi connectivity index (χ0) is 24.6. The van der Waals surface area contributed by atoms with Gasteiger partial charge in [-0.15, -0.1) is 11.3 Å². The Morgan fingerprint density at radius 1 is 1.03 bits per heavy atom. The van der Waals surface area contributed by atoms with E-state index in [0.29, 0.717) is 11.8 Å². The van der Waals surface area contributed by atoms with Gasteiger partial charge in [0.1, 0.15) is 9.96 Å². The Kier molecular flexibility index (Phi) is 6.60. The highest BCUT2D eigenvalue weighted by atomic mass is 32.2. The summed E-state index contributed by atoms with van der Waals surface area (Å²) in [5, 5.41) is 22.5. The van der Waals surface area contributed by atoms with Gasteiger partial charge in [0, 0.05) is 4.88 Å². The highest BCUT2D eigenvalue weighted by molar-refractivity contribution is 7.93. The topological polar surface area (TPSA) is 104 Å². The van der Waals surface area contributed by atoms with Crippen LogP contribution in [0.4, 0.5) is 13.2 Å². The molecule has 3 rings (SSSR count). The van der Waals surface area contributed by atoms with Crippen LogP contribution in [-0.4, -0.2) is 36.3 Å². The smallest absolute Gasteiger partial charge is 0.419 e. The minimum absolute atomic E-state index is 0.0927. The van der Waals surface area contributed by atoms with E-state index in [-0.39, 0.29) is 9.77 Å². The van der Waals surface area contributed by atoms with Gasteiger partial charge in [-0.3, -0.25) is 4.79 Å². The third-order valence-electron chi connectivity index (χ3n) is 5.06. The Balaban J connectivity index is 2.19. The highest BCUT2D eigenvalue weighted by Crippen LogP contribution is 2.43. The first-order chi connectivity index (χ1) is 15.3. The summed E-state index contributed by atoms with van der Waals surface area (Å²) in [6.45, 7) is 2.13. The van der Waals surface area contributed by atoms with Crippen LogP contribution >= 0.6 is 11.3 Å². The van der Waals surface area contributed by atoms with Gasteiger partial charge in [0.2, 0.25) is 9.84 Å². The molecule has 0 aliphatic rings. The van der Waals surface area contributed by atoms with Crippen molar-refractivity contribution >= 4 is 27.1 Å². The molecule has 0 saturated carbocycles. The lowest BCUT2D eigenvalue weighted by molar-refractivity contribution is -0.263. The lowest BCUT2D eigenvalue weighted by atomic mass is 9.89. The van der Waals surface area contributed by atoms with Crippen molar-refractivity contribution in [3.8, 4) is 5.75 Å². The lowest BCUT2D eigenvalue weighted by Gasteiger charge is -2.36. The van der Waals surface area contributed by atoms with Crippen LogP contribution in [0, 0.1) is 6.92 Å². The summed E-state index contributed by atoms with van der Waals surface area (Å²) in [5.74, 6) is -1.61. The number of phenols is 1. The fourth-order valence-corrected chi connectivity index (χ4v) is 6.10. The van der Waals surface area contributed by atoms with Crippen LogP contribution < -0.4 is 5.32 Å². The van der Waals surface area contributed by atoms with Crippen LogP contribution in [0.1, 0.15) is 33.8 Å².